The predicted molar refractivity (Wildman–Crippen MR) is 253 cm³/mol. The van der Waals surface area contributed by atoms with E-state index in [1.807, 2.05) is 27.8 Å². The number of rotatable bonds is 35. The number of allylic oxidation sites excluding steroid dienone is 2. The van der Waals surface area contributed by atoms with Crippen LogP contribution in [0.1, 0.15) is 229 Å². The van der Waals surface area contributed by atoms with Crippen LogP contribution in [0.4, 0.5) is 0 Å². The monoisotopic (exact) mass is 874 g/mol. The first-order valence-electron chi connectivity index (χ1n) is 25.6. The minimum Gasteiger partial charge on any atom is -0.465 e. The van der Waals surface area contributed by atoms with Crippen LogP contribution in [-0.2, 0) is 38.1 Å². The molecule has 1 heterocycles. The lowest BCUT2D eigenvalue weighted by molar-refractivity contribution is -0.163. The smallest absolute Gasteiger partial charge is 0.313 e. The van der Waals surface area contributed by atoms with E-state index in [1.165, 1.54) is 77.0 Å². The SMILES string of the molecule is CC/C=C\CC1C(CC(=O)OC(C)(C)CC(C)(C)C(COC(=O)CCCCCCCCCCC)COC(=O)CCCCCCCCCCC)CCC1OC(=O)C1(C)CCN(C)C1. The second-order valence-corrected chi connectivity index (χ2v) is 20.9. The lowest BCUT2D eigenvalue weighted by Crippen LogP contribution is -2.41. The first kappa shape index (κ1) is 55.7. The lowest BCUT2D eigenvalue weighted by atomic mass is 9.72. The molecule has 9 nitrogen and oxygen atoms in total. The zero-order valence-corrected chi connectivity index (χ0v) is 41.6. The standard InChI is InChI=1S/C53H95NO8/c1-10-13-16-18-20-22-24-26-29-32-47(55)59-39-44(40-60-48(56)33-30-27-25-23-21-19-17-14-11-2)51(4,5)41-52(6,7)62-49(57)38-43-34-35-46(45(43)31-28-15-12-3)61-50(58)53(8)36-37-54(9)42-53/h15,28,43-46H,10-14,16-27,29-42H2,1-9H3/b28-15-. The van der Waals surface area contributed by atoms with Gasteiger partial charge < -0.3 is 23.8 Å². The van der Waals surface area contributed by atoms with Gasteiger partial charge in [0.15, 0.2) is 0 Å². The maximum absolute atomic E-state index is 13.8. The summed E-state index contributed by atoms with van der Waals surface area (Å²) >= 11 is 0. The maximum Gasteiger partial charge on any atom is 0.313 e. The molecule has 0 radical (unpaired) electrons. The van der Waals surface area contributed by atoms with Gasteiger partial charge in [-0.3, -0.25) is 19.2 Å². The number of carbonyl (C=O) groups excluding carboxylic acids is 4. The highest BCUT2D eigenvalue weighted by atomic mass is 16.6. The van der Waals surface area contributed by atoms with Crippen LogP contribution in [0.2, 0.25) is 0 Å². The molecule has 2 aliphatic rings. The summed E-state index contributed by atoms with van der Waals surface area (Å²) in [6.45, 7) is 18.5. The number of hydrogen-bond donors (Lipinski definition) is 0. The van der Waals surface area contributed by atoms with Crippen LogP contribution in [0.5, 0.6) is 0 Å². The highest BCUT2D eigenvalue weighted by Gasteiger charge is 2.46. The number of likely N-dealkylation sites (tertiary alicyclic amines) is 1. The van der Waals surface area contributed by atoms with E-state index in [4.69, 9.17) is 18.9 Å². The Morgan fingerprint density at radius 1 is 0.694 bits per heavy atom. The summed E-state index contributed by atoms with van der Waals surface area (Å²) in [5, 5.41) is 0. The molecular weight excluding hydrogens is 779 g/mol. The number of carbonyl (C=O) groups is 4. The van der Waals surface area contributed by atoms with Crippen molar-refractivity contribution >= 4 is 23.9 Å². The molecule has 4 atom stereocenters. The van der Waals surface area contributed by atoms with Gasteiger partial charge in [-0.15, -0.1) is 0 Å². The van der Waals surface area contributed by atoms with Crippen LogP contribution < -0.4 is 0 Å². The number of ether oxygens (including phenoxy) is 4. The van der Waals surface area contributed by atoms with Crippen molar-refractivity contribution in [2.75, 3.05) is 33.4 Å². The molecule has 2 rings (SSSR count). The molecule has 0 aromatic heterocycles. The van der Waals surface area contributed by atoms with Gasteiger partial charge in [-0.1, -0.05) is 150 Å². The van der Waals surface area contributed by atoms with E-state index < -0.39 is 16.4 Å². The highest BCUT2D eigenvalue weighted by molar-refractivity contribution is 5.77. The minimum atomic E-state index is -0.828. The molecule has 0 N–H and O–H groups in total. The van der Waals surface area contributed by atoms with Gasteiger partial charge in [0.25, 0.3) is 0 Å². The summed E-state index contributed by atoms with van der Waals surface area (Å²) in [5.74, 6) is -0.984. The molecule has 2 fully saturated rings. The van der Waals surface area contributed by atoms with Gasteiger partial charge >= 0.3 is 23.9 Å². The summed E-state index contributed by atoms with van der Waals surface area (Å²) in [4.78, 5) is 55.3. The van der Waals surface area contributed by atoms with Crippen molar-refractivity contribution in [3.63, 3.8) is 0 Å². The van der Waals surface area contributed by atoms with Crippen molar-refractivity contribution in [1.29, 1.82) is 0 Å². The van der Waals surface area contributed by atoms with E-state index in [0.717, 1.165) is 77.2 Å². The van der Waals surface area contributed by atoms with Crippen LogP contribution in [-0.4, -0.2) is 73.8 Å². The Labute approximate surface area is 380 Å². The fraction of sp³-hybridized carbons (Fsp3) is 0.887. The Kier molecular flexibility index (Phi) is 27.6. The predicted octanol–water partition coefficient (Wildman–Crippen LogP) is 13.3. The molecule has 360 valence electrons. The van der Waals surface area contributed by atoms with Crippen molar-refractivity contribution in [1.82, 2.24) is 4.90 Å². The topological polar surface area (TPSA) is 108 Å². The first-order chi connectivity index (χ1) is 29.6. The largest absolute Gasteiger partial charge is 0.465 e. The zero-order chi connectivity index (χ0) is 45.9. The maximum atomic E-state index is 13.8. The normalized spacial score (nSPS) is 20.9. The molecule has 0 aromatic rings. The van der Waals surface area contributed by atoms with E-state index in [1.54, 1.807) is 0 Å². The average molecular weight is 874 g/mol. The number of hydrogen-bond acceptors (Lipinski definition) is 9. The molecule has 0 bridgehead atoms. The van der Waals surface area contributed by atoms with Gasteiger partial charge in [0.2, 0.25) is 0 Å². The minimum absolute atomic E-state index is 0.0489. The summed E-state index contributed by atoms with van der Waals surface area (Å²) in [7, 11) is 2.04. The van der Waals surface area contributed by atoms with Crippen molar-refractivity contribution < 1.29 is 38.1 Å². The van der Waals surface area contributed by atoms with Crippen molar-refractivity contribution in [3.8, 4) is 0 Å². The Hall–Kier alpha value is -2.42. The van der Waals surface area contributed by atoms with E-state index in [0.29, 0.717) is 25.8 Å². The van der Waals surface area contributed by atoms with Gasteiger partial charge in [-0.25, -0.2) is 0 Å². The Balaban J connectivity index is 2.00. The van der Waals surface area contributed by atoms with Gasteiger partial charge in [-0.05, 0) is 97.1 Å². The van der Waals surface area contributed by atoms with E-state index in [2.05, 4.69) is 51.7 Å². The molecule has 0 spiro atoms. The van der Waals surface area contributed by atoms with Gasteiger partial charge in [-0.2, -0.15) is 0 Å². The number of esters is 4. The van der Waals surface area contributed by atoms with Crippen molar-refractivity contribution in [2.24, 2.45) is 28.6 Å². The van der Waals surface area contributed by atoms with Gasteiger partial charge in [0.05, 0.1) is 18.6 Å². The first-order valence-corrected chi connectivity index (χ1v) is 25.6. The summed E-state index contributed by atoms with van der Waals surface area (Å²) in [5.41, 5.74) is -1.82. The van der Waals surface area contributed by atoms with Gasteiger partial charge in [0, 0.05) is 37.6 Å². The zero-order valence-electron chi connectivity index (χ0n) is 41.6. The Morgan fingerprint density at radius 2 is 1.19 bits per heavy atom. The molecule has 4 unspecified atom stereocenters. The van der Waals surface area contributed by atoms with E-state index >= 15 is 0 Å². The molecule has 1 saturated heterocycles. The fourth-order valence-electron chi connectivity index (χ4n) is 9.94. The third-order valence-electron chi connectivity index (χ3n) is 13.8. The second kappa shape index (κ2) is 30.7. The summed E-state index contributed by atoms with van der Waals surface area (Å²) < 4.78 is 24.3. The number of unbranched alkanes of at least 4 members (excludes halogenated alkanes) is 16. The van der Waals surface area contributed by atoms with Crippen LogP contribution in [0.25, 0.3) is 0 Å². The van der Waals surface area contributed by atoms with Crippen molar-refractivity contribution in [3.05, 3.63) is 12.2 Å². The van der Waals surface area contributed by atoms with Crippen LogP contribution in [0.3, 0.4) is 0 Å². The molecule has 62 heavy (non-hydrogen) atoms. The van der Waals surface area contributed by atoms with Crippen LogP contribution in [0.15, 0.2) is 12.2 Å². The molecule has 0 aromatic carbocycles. The lowest BCUT2D eigenvalue weighted by Gasteiger charge is -2.39. The Morgan fingerprint density at radius 3 is 1.66 bits per heavy atom. The third kappa shape index (κ3) is 23.0. The molecular formula is C53H95NO8. The van der Waals surface area contributed by atoms with Crippen LogP contribution in [0, 0.1) is 28.6 Å². The molecule has 9 heteroatoms. The molecule has 1 aliphatic carbocycles. The molecule has 1 aliphatic heterocycles. The van der Waals surface area contributed by atoms with Crippen molar-refractivity contribution in [2.45, 2.75) is 240 Å². The van der Waals surface area contributed by atoms with E-state index in [-0.39, 0.29) is 67.4 Å². The quantitative estimate of drug-likeness (QED) is 0.0266. The number of nitrogens with zero attached hydrogens (tertiary/aromatic N) is 1. The molecule has 1 saturated carbocycles. The highest BCUT2D eigenvalue weighted by Crippen LogP contribution is 2.43. The summed E-state index contributed by atoms with van der Waals surface area (Å²) in [6.07, 6.45) is 30.9. The Bertz CT molecular complexity index is 1260. The average Bonchev–Trinajstić information content (AvgIpc) is 3.76. The third-order valence-corrected chi connectivity index (χ3v) is 13.8. The molecule has 0 amide bonds. The van der Waals surface area contributed by atoms with Crippen LogP contribution >= 0.6 is 0 Å². The fourth-order valence-corrected chi connectivity index (χ4v) is 9.94. The second-order valence-electron chi connectivity index (χ2n) is 20.9. The summed E-state index contributed by atoms with van der Waals surface area (Å²) in [6, 6.07) is 0. The van der Waals surface area contributed by atoms with Gasteiger partial charge in [0.1, 0.15) is 11.7 Å². The van der Waals surface area contributed by atoms with E-state index in [9.17, 15) is 19.2 Å².